The van der Waals surface area contributed by atoms with Gasteiger partial charge in [-0.05, 0) is 19.4 Å². The normalized spacial score (nSPS) is 12.1. The van der Waals surface area contributed by atoms with Crippen LogP contribution < -0.4 is 0 Å². The Kier molecular flexibility index (Phi) is 8.37. The van der Waals surface area contributed by atoms with E-state index in [0.717, 1.165) is 5.56 Å². The first kappa shape index (κ1) is 17.0. The average Bonchev–Trinajstić information content (AvgIpc) is 2.49. The first-order chi connectivity index (χ1) is 9.70. The molecule has 1 aromatic carbocycles. The minimum atomic E-state index is -3.87. The quantitative estimate of drug-likeness (QED) is 0.372. The molecule has 0 aliphatic carbocycles. The van der Waals surface area contributed by atoms with Crippen molar-refractivity contribution in [3.05, 3.63) is 42.0 Å². The predicted molar refractivity (Wildman–Crippen MR) is 74.5 cm³/mol. The second-order valence-corrected chi connectivity index (χ2v) is 4.97. The van der Waals surface area contributed by atoms with Gasteiger partial charge in [0.15, 0.2) is 0 Å². The molecule has 112 valence electrons. The summed E-state index contributed by atoms with van der Waals surface area (Å²) < 4.78 is 26.2. The molecule has 0 amide bonds. The van der Waals surface area contributed by atoms with Crippen molar-refractivity contribution in [2.24, 2.45) is 0 Å². The molecular weight excluding hydrogens is 283 g/mol. The summed E-state index contributed by atoms with van der Waals surface area (Å²) in [7, 11) is -3.87. The van der Waals surface area contributed by atoms with Crippen LogP contribution in [0.1, 0.15) is 19.4 Å². The highest BCUT2D eigenvalue weighted by Crippen LogP contribution is 2.49. The molecule has 7 heteroatoms. The molecule has 0 N–H and O–H groups in total. The highest BCUT2D eigenvalue weighted by atomic mass is 31.2. The molecule has 0 heterocycles. The third-order valence-electron chi connectivity index (χ3n) is 1.96. The van der Waals surface area contributed by atoms with Gasteiger partial charge in [0.2, 0.25) is 0 Å². The SMILES string of the molecule is CCOOP(=O)(OC/C=C/c1ccccc1)OOCC. The van der Waals surface area contributed by atoms with Gasteiger partial charge >= 0.3 is 7.82 Å². The predicted octanol–water partition coefficient (Wildman–Crippen LogP) is 3.76. The van der Waals surface area contributed by atoms with Crippen molar-refractivity contribution in [2.75, 3.05) is 19.8 Å². The van der Waals surface area contributed by atoms with E-state index >= 15 is 0 Å². The van der Waals surface area contributed by atoms with Gasteiger partial charge in [0.25, 0.3) is 0 Å². The van der Waals surface area contributed by atoms with Crippen LogP contribution in [0.2, 0.25) is 0 Å². The third-order valence-corrected chi connectivity index (χ3v) is 3.00. The minimum absolute atomic E-state index is 0.0340. The molecule has 0 aromatic heterocycles. The second-order valence-electron chi connectivity index (χ2n) is 3.52. The van der Waals surface area contributed by atoms with E-state index in [1.807, 2.05) is 36.4 Å². The van der Waals surface area contributed by atoms with Crippen molar-refractivity contribution < 1.29 is 28.2 Å². The Morgan fingerprint density at radius 1 is 1.05 bits per heavy atom. The Hall–Kier alpha value is -1.01. The summed E-state index contributed by atoms with van der Waals surface area (Å²) in [5.74, 6) is 0. The Morgan fingerprint density at radius 2 is 1.65 bits per heavy atom. The van der Waals surface area contributed by atoms with Crippen LogP contribution in [0.15, 0.2) is 36.4 Å². The van der Waals surface area contributed by atoms with Crippen molar-refractivity contribution in [3.8, 4) is 0 Å². The van der Waals surface area contributed by atoms with Crippen molar-refractivity contribution in [2.45, 2.75) is 13.8 Å². The second kappa shape index (κ2) is 9.83. The third kappa shape index (κ3) is 6.96. The van der Waals surface area contributed by atoms with Gasteiger partial charge in [-0.3, -0.25) is 4.52 Å². The largest absolute Gasteiger partial charge is 0.529 e. The fourth-order valence-electron chi connectivity index (χ4n) is 1.17. The van der Waals surface area contributed by atoms with Crippen molar-refractivity contribution >= 4 is 13.9 Å². The summed E-state index contributed by atoms with van der Waals surface area (Å²) in [4.78, 5) is 9.19. The Labute approximate surface area is 118 Å². The van der Waals surface area contributed by atoms with E-state index in [9.17, 15) is 4.57 Å². The molecule has 6 nitrogen and oxygen atoms in total. The van der Waals surface area contributed by atoms with Gasteiger partial charge in [-0.2, -0.15) is 0 Å². The fourth-order valence-corrected chi connectivity index (χ4v) is 2.02. The Bertz CT molecular complexity index is 422. The van der Waals surface area contributed by atoms with Crippen LogP contribution in [0.3, 0.4) is 0 Å². The lowest BCUT2D eigenvalue weighted by Gasteiger charge is -2.13. The summed E-state index contributed by atoms with van der Waals surface area (Å²) in [6, 6.07) is 9.63. The van der Waals surface area contributed by atoms with Crippen LogP contribution in [0, 0.1) is 0 Å². The maximum atomic E-state index is 12.0. The van der Waals surface area contributed by atoms with Crippen LogP contribution in [-0.2, 0) is 28.2 Å². The molecule has 0 atom stereocenters. The molecule has 0 fully saturated rings. The average molecular weight is 302 g/mol. The number of benzene rings is 1. The standard InChI is InChI=1S/C13H19O6P/c1-3-15-18-20(14,19-16-4-2)17-12-8-11-13-9-6-5-7-10-13/h5-11H,3-4,12H2,1-2H3/b11-8+. The summed E-state index contributed by atoms with van der Waals surface area (Å²) >= 11 is 0. The number of hydrogen-bond acceptors (Lipinski definition) is 6. The molecule has 0 unspecified atom stereocenters. The summed E-state index contributed by atoms with van der Waals surface area (Å²) in [6.45, 7) is 3.82. The van der Waals surface area contributed by atoms with E-state index in [0.29, 0.717) is 0 Å². The van der Waals surface area contributed by atoms with Crippen LogP contribution in [0.25, 0.3) is 6.08 Å². The molecule has 0 saturated heterocycles. The smallest absolute Gasteiger partial charge is 0.280 e. The number of hydrogen-bond donors (Lipinski definition) is 0. The molecule has 0 saturated carbocycles. The zero-order valence-electron chi connectivity index (χ0n) is 11.6. The van der Waals surface area contributed by atoms with E-state index in [2.05, 4.69) is 19.1 Å². The lowest BCUT2D eigenvalue weighted by Crippen LogP contribution is -2.02. The van der Waals surface area contributed by atoms with E-state index in [4.69, 9.17) is 4.52 Å². The van der Waals surface area contributed by atoms with Crippen LogP contribution in [0.5, 0.6) is 0 Å². The molecular formula is C13H19O6P. The van der Waals surface area contributed by atoms with Gasteiger partial charge < -0.3 is 0 Å². The number of rotatable bonds is 10. The molecule has 0 aliphatic rings. The maximum Gasteiger partial charge on any atom is 0.529 e. The van der Waals surface area contributed by atoms with Gasteiger partial charge in [-0.25, -0.2) is 14.3 Å². The van der Waals surface area contributed by atoms with E-state index in [-0.39, 0.29) is 19.8 Å². The van der Waals surface area contributed by atoms with Gasteiger partial charge in [0.05, 0.1) is 19.8 Å². The summed E-state index contributed by atoms with van der Waals surface area (Å²) in [5, 5.41) is 0. The van der Waals surface area contributed by atoms with Gasteiger partial charge in [-0.15, -0.1) is 9.35 Å². The molecule has 0 radical (unpaired) electrons. The molecule has 1 rings (SSSR count). The van der Waals surface area contributed by atoms with Crippen molar-refractivity contribution in [1.29, 1.82) is 0 Å². The minimum Gasteiger partial charge on any atom is -0.280 e. The van der Waals surface area contributed by atoms with E-state index < -0.39 is 7.82 Å². The first-order valence-electron chi connectivity index (χ1n) is 6.28. The van der Waals surface area contributed by atoms with E-state index in [1.165, 1.54) is 0 Å². The van der Waals surface area contributed by atoms with Crippen LogP contribution in [0.4, 0.5) is 0 Å². The molecule has 1 aromatic rings. The molecule has 0 aliphatic heterocycles. The zero-order valence-corrected chi connectivity index (χ0v) is 12.5. The topological polar surface area (TPSA) is 63.2 Å². The van der Waals surface area contributed by atoms with Crippen LogP contribution in [-0.4, -0.2) is 19.8 Å². The highest BCUT2D eigenvalue weighted by Gasteiger charge is 2.29. The van der Waals surface area contributed by atoms with Crippen molar-refractivity contribution in [1.82, 2.24) is 0 Å². The monoisotopic (exact) mass is 302 g/mol. The highest BCUT2D eigenvalue weighted by molar-refractivity contribution is 7.48. The van der Waals surface area contributed by atoms with Crippen molar-refractivity contribution in [3.63, 3.8) is 0 Å². The zero-order chi connectivity index (χ0) is 14.7. The lowest BCUT2D eigenvalue weighted by atomic mass is 10.2. The number of phosphoric acid groups is 1. The summed E-state index contributed by atoms with van der Waals surface area (Å²) in [6.07, 6.45) is 3.51. The molecule has 0 spiro atoms. The van der Waals surface area contributed by atoms with Gasteiger partial charge in [0, 0.05) is 0 Å². The van der Waals surface area contributed by atoms with Gasteiger partial charge in [-0.1, -0.05) is 42.5 Å². The lowest BCUT2D eigenvalue weighted by molar-refractivity contribution is -0.278. The molecule has 20 heavy (non-hydrogen) atoms. The Balaban J connectivity index is 2.45. The van der Waals surface area contributed by atoms with Gasteiger partial charge in [0.1, 0.15) is 0 Å². The fraction of sp³-hybridized carbons (Fsp3) is 0.385. The van der Waals surface area contributed by atoms with Crippen LogP contribution >= 0.6 is 7.82 Å². The van der Waals surface area contributed by atoms with E-state index in [1.54, 1.807) is 19.9 Å². The Morgan fingerprint density at radius 3 is 2.20 bits per heavy atom. The first-order valence-corrected chi connectivity index (χ1v) is 7.75. The summed E-state index contributed by atoms with van der Waals surface area (Å²) in [5.41, 5.74) is 1.00. The maximum absolute atomic E-state index is 12.0. The molecule has 0 bridgehead atoms.